The van der Waals surface area contributed by atoms with E-state index in [0.29, 0.717) is 19.5 Å². The fourth-order valence-corrected chi connectivity index (χ4v) is 3.47. The summed E-state index contributed by atoms with van der Waals surface area (Å²) in [6, 6.07) is 0. The van der Waals surface area contributed by atoms with Crippen LogP contribution >= 0.6 is 11.3 Å². The molecule has 0 spiro atoms. The summed E-state index contributed by atoms with van der Waals surface area (Å²) >= 11 is 1.57. The first-order valence-corrected chi connectivity index (χ1v) is 8.86. The lowest BCUT2D eigenvalue weighted by atomic mass is 10.1. The first-order valence-electron chi connectivity index (χ1n) is 7.98. The van der Waals surface area contributed by atoms with E-state index in [1.54, 1.807) is 17.5 Å². The van der Waals surface area contributed by atoms with Gasteiger partial charge in [-0.05, 0) is 13.3 Å². The van der Waals surface area contributed by atoms with Crippen LogP contribution in [0.4, 0.5) is 0 Å². The van der Waals surface area contributed by atoms with Gasteiger partial charge in [-0.15, -0.1) is 11.3 Å². The van der Waals surface area contributed by atoms with E-state index in [4.69, 9.17) is 0 Å². The van der Waals surface area contributed by atoms with Crippen LogP contribution in [0.3, 0.4) is 0 Å². The van der Waals surface area contributed by atoms with Gasteiger partial charge in [0, 0.05) is 31.3 Å². The zero-order chi connectivity index (χ0) is 17.1. The molecule has 24 heavy (non-hydrogen) atoms. The van der Waals surface area contributed by atoms with Gasteiger partial charge in [-0.2, -0.15) is 0 Å². The lowest BCUT2D eigenvalue weighted by Gasteiger charge is -2.15. The number of H-pyrrole nitrogens is 1. The summed E-state index contributed by atoms with van der Waals surface area (Å²) in [7, 11) is 0. The molecule has 3 rings (SSSR count). The van der Waals surface area contributed by atoms with Crippen LogP contribution in [0.2, 0.25) is 0 Å². The summed E-state index contributed by atoms with van der Waals surface area (Å²) in [6.07, 6.45) is 3.01. The van der Waals surface area contributed by atoms with E-state index in [0.717, 1.165) is 35.2 Å². The van der Waals surface area contributed by atoms with Crippen LogP contribution < -0.4 is 5.32 Å². The molecule has 8 heteroatoms. The first-order chi connectivity index (χ1) is 11.5. The van der Waals surface area contributed by atoms with Crippen molar-refractivity contribution in [1.29, 1.82) is 0 Å². The fraction of sp³-hybridized carbons (Fsp3) is 0.500. The molecule has 0 saturated carbocycles. The van der Waals surface area contributed by atoms with Crippen molar-refractivity contribution in [3.05, 3.63) is 33.8 Å². The highest BCUT2D eigenvalue weighted by Gasteiger charge is 2.29. The van der Waals surface area contributed by atoms with Crippen molar-refractivity contribution < 1.29 is 9.59 Å². The maximum atomic E-state index is 12.4. The monoisotopic (exact) mass is 347 g/mol. The third-order valence-electron chi connectivity index (χ3n) is 4.10. The Hall–Kier alpha value is -2.22. The molecule has 0 bridgehead atoms. The van der Waals surface area contributed by atoms with Crippen LogP contribution in [-0.2, 0) is 22.6 Å². The largest absolute Gasteiger partial charge is 0.351 e. The highest BCUT2D eigenvalue weighted by atomic mass is 32.1. The van der Waals surface area contributed by atoms with E-state index < -0.39 is 0 Å². The molecule has 2 aromatic rings. The van der Waals surface area contributed by atoms with Gasteiger partial charge in [0.2, 0.25) is 11.8 Å². The van der Waals surface area contributed by atoms with Crippen molar-refractivity contribution in [2.45, 2.75) is 39.2 Å². The van der Waals surface area contributed by atoms with Crippen molar-refractivity contribution in [3.8, 4) is 0 Å². The molecule has 128 valence electrons. The quantitative estimate of drug-likeness (QED) is 0.855. The summed E-state index contributed by atoms with van der Waals surface area (Å²) < 4.78 is 0. The lowest BCUT2D eigenvalue weighted by molar-refractivity contribution is -0.129. The molecule has 3 heterocycles. The average molecular weight is 347 g/mol. The number of carbonyl (C=O) groups excluding carboxylic acids is 2. The van der Waals surface area contributed by atoms with Crippen LogP contribution in [0.15, 0.2) is 11.6 Å². The summed E-state index contributed by atoms with van der Waals surface area (Å²) in [5.41, 5.74) is 1.73. The Labute approximate surface area is 144 Å². The van der Waals surface area contributed by atoms with Crippen molar-refractivity contribution in [1.82, 2.24) is 25.2 Å². The van der Waals surface area contributed by atoms with Crippen molar-refractivity contribution in [3.63, 3.8) is 0 Å². The van der Waals surface area contributed by atoms with Crippen LogP contribution in [0.25, 0.3) is 0 Å². The van der Waals surface area contributed by atoms with Gasteiger partial charge in [-0.3, -0.25) is 9.59 Å². The molecule has 0 radical (unpaired) electrons. The number of nitrogens with one attached hydrogen (secondary N) is 2. The number of hydrogen-bond acceptors (Lipinski definition) is 5. The van der Waals surface area contributed by atoms with E-state index in [1.807, 2.05) is 17.2 Å². The third-order valence-corrected chi connectivity index (χ3v) is 4.92. The summed E-state index contributed by atoms with van der Waals surface area (Å²) in [5.74, 6) is 1.15. The maximum absolute atomic E-state index is 12.4. The lowest BCUT2D eigenvalue weighted by Crippen LogP contribution is -2.30. The molecule has 1 unspecified atom stereocenters. The molecule has 1 aliphatic rings. The van der Waals surface area contributed by atoms with E-state index in [1.165, 1.54) is 6.92 Å². The Morgan fingerprint density at radius 3 is 3.04 bits per heavy atom. The number of likely N-dealkylation sites (tertiary alicyclic amines) is 1. The minimum absolute atomic E-state index is 0.0685. The second-order valence-electron chi connectivity index (χ2n) is 6.06. The van der Waals surface area contributed by atoms with Crippen LogP contribution in [-0.4, -0.2) is 44.8 Å². The van der Waals surface area contributed by atoms with Crippen molar-refractivity contribution in [2.24, 2.45) is 0 Å². The SMILES string of the molecule is CC(=O)NCc1cnc(C2CCN(C(=O)Cc3csc(C)n3)C2)[nH]1. The molecular weight excluding hydrogens is 326 g/mol. The molecule has 2 N–H and O–H groups in total. The molecule has 1 fully saturated rings. The van der Waals surface area contributed by atoms with Crippen molar-refractivity contribution >= 4 is 23.2 Å². The second-order valence-corrected chi connectivity index (χ2v) is 7.13. The normalized spacial score (nSPS) is 17.2. The maximum Gasteiger partial charge on any atom is 0.228 e. The predicted octanol–water partition coefficient (Wildman–Crippen LogP) is 1.37. The van der Waals surface area contributed by atoms with E-state index in [9.17, 15) is 9.59 Å². The summed E-state index contributed by atoms with van der Waals surface area (Å²) in [4.78, 5) is 37.2. The molecule has 1 saturated heterocycles. The highest BCUT2D eigenvalue weighted by molar-refractivity contribution is 7.09. The molecule has 7 nitrogen and oxygen atoms in total. The number of aromatic nitrogens is 3. The molecule has 1 aliphatic heterocycles. The fourth-order valence-electron chi connectivity index (χ4n) is 2.86. The number of imidazole rings is 1. The zero-order valence-electron chi connectivity index (χ0n) is 13.8. The minimum atomic E-state index is -0.0685. The predicted molar refractivity (Wildman–Crippen MR) is 90.6 cm³/mol. The Balaban J connectivity index is 1.55. The van der Waals surface area contributed by atoms with Crippen LogP contribution in [0, 0.1) is 6.92 Å². The minimum Gasteiger partial charge on any atom is -0.351 e. The van der Waals surface area contributed by atoms with E-state index >= 15 is 0 Å². The molecule has 0 aromatic carbocycles. The molecule has 2 amide bonds. The van der Waals surface area contributed by atoms with Gasteiger partial charge < -0.3 is 15.2 Å². The van der Waals surface area contributed by atoms with Gasteiger partial charge in [-0.25, -0.2) is 9.97 Å². The van der Waals surface area contributed by atoms with E-state index in [2.05, 4.69) is 20.3 Å². The summed E-state index contributed by atoms with van der Waals surface area (Å²) in [5, 5.41) is 5.67. The molecule has 0 aliphatic carbocycles. The van der Waals surface area contributed by atoms with Gasteiger partial charge in [0.1, 0.15) is 5.82 Å². The Kier molecular flexibility index (Phi) is 4.94. The first kappa shape index (κ1) is 16.6. The number of hydrogen-bond donors (Lipinski definition) is 2. The molecule has 1 atom stereocenters. The van der Waals surface area contributed by atoms with Gasteiger partial charge >= 0.3 is 0 Å². The number of aryl methyl sites for hydroxylation is 1. The number of thiazole rings is 1. The number of rotatable bonds is 5. The Bertz CT molecular complexity index is 738. The summed E-state index contributed by atoms with van der Waals surface area (Å²) in [6.45, 7) is 5.30. The zero-order valence-corrected chi connectivity index (χ0v) is 14.7. The van der Waals surface area contributed by atoms with Crippen molar-refractivity contribution in [2.75, 3.05) is 13.1 Å². The number of carbonyl (C=O) groups is 2. The van der Waals surface area contributed by atoms with Crippen LogP contribution in [0.5, 0.6) is 0 Å². The Morgan fingerprint density at radius 1 is 1.50 bits per heavy atom. The van der Waals surface area contributed by atoms with E-state index in [-0.39, 0.29) is 17.7 Å². The molecular formula is C16H21N5O2S. The van der Waals surface area contributed by atoms with Gasteiger partial charge in [0.05, 0.1) is 35.6 Å². The highest BCUT2D eigenvalue weighted by Crippen LogP contribution is 2.25. The van der Waals surface area contributed by atoms with Gasteiger partial charge in [0.15, 0.2) is 0 Å². The average Bonchev–Trinajstić information content (AvgIpc) is 3.24. The van der Waals surface area contributed by atoms with Crippen LogP contribution in [0.1, 0.15) is 41.5 Å². The number of aromatic amines is 1. The smallest absolute Gasteiger partial charge is 0.228 e. The third kappa shape index (κ3) is 4.00. The standard InChI is InChI=1S/C16H21N5O2S/c1-10(22)17-6-14-7-18-16(20-14)12-3-4-21(8-12)15(23)5-13-9-24-11(2)19-13/h7,9,12H,3-6,8H2,1-2H3,(H,17,22)(H,18,20). The topological polar surface area (TPSA) is 91.0 Å². The van der Waals surface area contributed by atoms with Gasteiger partial charge in [0.25, 0.3) is 0 Å². The second kappa shape index (κ2) is 7.12. The molecule has 2 aromatic heterocycles. The van der Waals surface area contributed by atoms with Gasteiger partial charge in [-0.1, -0.05) is 0 Å². The number of amides is 2. The Morgan fingerprint density at radius 2 is 2.33 bits per heavy atom. The number of nitrogens with zero attached hydrogens (tertiary/aromatic N) is 3.